The van der Waals surface area contributed by atoms with Crippen LogP contribution < -0.4 is 16.4 Å². The van der Waals surface area contributed by atoms with E-state index in [-0.39, 0.29) is 11.8 Å². The molecular weight excluding hydrogens is 374 g/mol. The molecule has 0 spiro atoms. The zero-order valence-corrected chi connectivity index (χ0v) is 15.5. The Hall–Kier alpha value is -1.89. The highest BCUT2D eigenvalue weighted by Gasteiger charge is 2.17. The van der Waals surface area contributed by atoms with Crippen molar-refractivity contribution in [3.8, 4) is 0 Å². The second-order valence-corrected chi connectivity index (χ2v) is 6.80. The third kappa shape index (κ3) is 4.35. The maximum absolute atomic E-state index is 12.4. The third-order valence-corrected chi connectivity index (χ3v) is 4.43. The molecule has 0 saturated heterocycles. The minimum atomic E-state index is -0.702. The molecule has 1 aromatic heterocycles. The summed E-state index contributed by atoms with van der Waals surface area (Å²) < 4.78 is 0.764. The van der Waals surface area contributed by atoms with Gasteiger partial charge in [-0.25, -0.2) is 0 Å². The van der Waals surface area contributed by atoms with Crippen molar-refractivity contribution in [2.75, 3.05) is 0 Å². The monoisotopic (exact) mass is 395 g/mol. The number of carbonyl (C=O) groups is 1. The minimum absolute atomic E-state index is 0.0114. The molecule has 24 heavy (non-hydrogen) atoms. The van der Waals surface area contributed by atoms with Gasteiger partial charge in [0.15, 0.2) is 0 Å². The Morgan fingerprint density at radius 1 is 1.12 bits per heavy atom. The molecule has 2 rings (SSSR count). The van der Waals surface area contributed by atoms with E-state index in [1.54, 1.807) is 6.07 Å². The summed E-state index contributed by atoms with van der Waals surface area (Å²) in [6, 6.07) is 3.54. The zero-order chi connectivity index (χ0) is 17.7. The van der Waals surface area contributed by atoms with Gasteiger partial charge in [0.25, 0.3) is 0 Å². The van der Waals surface area contributed by atoms with Crippen molar-refractivity contribution in [3.63, 3.8) is 0 Å². The summed E-state index contributed by atoms with van der Waals surface area (Å²) in [6.07, 6.45) is 3.66. The van der Waals surface area contributed by atoms with Crippen molar-refractivity contribution in [2.24, 2.45) is 5.92 Å². The fourth-order valence-corrected chi connectivity index (χ4v) is 3.33. The highest BCUT2D eigenvalue weighted by atomic mass is 79.9. The van der Waals surface area contributed by atoms with Gasteiger partial charge in [-0.1, -0.05) is 42.6 Å². The van der Waals surface area contributed by atoms with Gasteiger partial charge >= 0.3 is 11.1 Å². The van der Waals surface area contributed by atoms with Crippen molar-refractivity contribution in [2.45, 2.75) is 46.1 Å². The van der Waals surface area contributed by atoms with Crippen LogP contribution in [0.25, 0.3) is 11.0 Å². The Labute approximate surface area is 148 Å². The first kappa shape index (κ1) is 18.4. The normalized spacial score (nSPS) is 11.2. The van der Waals surface area contributed by atoms with Crippen molar-refractivity contribution in [3.05, 3.63) is 42.9 Å². The van der Waals surface area contributed by atoms with Crippen molar-refractivity contribution in [1.29, 1.82) is 0 Å². The number of H-pyrrole nitrogens is 2. The van der Waals surface area contributed by atoms with Gasteiger partial charge in [-0.05, 0) is 30.5 Å². The number of nitrogens with one attached hydrogen (secondary N) is 3. The largest absolute Gasteiger partial charge is 0.352 e. The smallest absolute Gasteiger partial charge is 0.314 e. The molecule has 1 aromatic carbocycles. The molecule has 1 heterocycles. The number of fused-ring (bicyclic) bond motifs is 1. The number of aromatic amines is 2. The number of halogens is 1. The fraction of sp³-hybridized carbons (Fsp3) is 0.471. The molecule has 2 aromatic rings. The van der Waals surface area contributed by atoms with E-state index in [0.29, 0.717) is 17.6 Å². The van der Waals surface area contributed by atoms with Crippen LogP contribution in [0.2, 0.25) is 0 Å². The number of rotatable bonds is 7. The Morgan fingerprint density at radius 2 is 1.75 bits per heavy atom. The Balaban J connectivity index is 2.26. The number of amides is 1. The van der Waals surface area contributed by atoms with Crippen LogP contribution in [0.1, 0.15) is 45.1 Å². The second-order valence-electron chi connectivity index (χ2n) is 5.89. The van der Waals surface area contributed by atoms with Gasteiger partial charge < -0.3 is 15.3 Å². The molecule has 0 fully saturated rings. The number of benzene rings is 1. The number of aromatic nitrogens is 2. The summed E-state index contributed by atoms with van der Waals surface area (Å²) in [7, 11) is 0. The average Bonchev–Trinajstić information content (AvgIpc) is 2.53. The topological polar surface area (TPSA) is 94.8 Å². The van der Waals surface area contributed by atoms with Crippen molar-refractivity contribution in [1.82, 2.24) is 15.3 Å². The lowest BCUT2D eigenvalue weighted by molar-refractivity contribution is -0.125. The van der Waals surface area contributed by atoms with Gasteiger partial charge in [0.05, 0.1) is 11.0 Å². The highest BCUT2D eigenvalue weighted by Crippen LogP contribution is 2.20. The van der Waals surface area contributed by atoms with Crippen LogP contribution in [-0.2, 0) is 11.3 Å². The Morgan fingerprint density at radius 3 is 2.38 bits per heavy atom. The van der Waals surface area contributed by atoms with Crippen LogP contribution >= 0.6 is 15.9 Å². The Bertz CT molecular complexity index is 835. The highest BCUT2D eigenvalue weighted by molar-refractivity contribution is 9.10. The van der Waals surface area contributed by atoms with Gasteiger partial charge in [-0.3, -0.25) is 14.4 Å². The summed E-state index contributed by atoms with van der Waals surface area (Å²) in [5, 5.41) is 2.95. The zero-order valence-electron chi connectivity index (χ0n) is 13.9. The maximum Gasteiger partial charge on any atom is 0.314 e. The van der Waals surface area contributed by atoms with Gasteiger partial charge in [-0.2, -0.15) is 0 Å². The molecule has 0 aliphatic carbocycles. The van der Waals surface area contributed by atoms with Crippen LogP contribution in [0.3, 0.4) is 0 Å². The number of hydrogen-bond donors (Lipinski definition) is 3. The van der Waals surface area contributed by atoms with Gasteiger partial charge in [0, 0.05) is 16.9 Å². The van der Waals surface area contributed by atoms with Crippen LogP contribution in [0.5, 0.6) is 0 Å². The van der Waals surface area contributed by atoms with Gasteiger partial charge in [0.1, 0.15) is 0 Å². The molecule has 0 atom stereocenters. The summed E-state index contributed by atoms with van der Waals surface area (Å²) in [6.45, 7) is 4.43. The minimum Gasteiger partial charge on any atom is -0.352 e. The van der Waals surface area contributed by atoms with E-state index in [9.17, 15) is 14.4 Å². The molecular formula is C17H22BrN3O3. The van der Waals surface area contributed by atoms with Crippen molar-refractivity contribution < 1.29 is 4.79 Å². The quantitative estimate of drug-likeness (QED) is 0.628. The molecule has 7 heteroatoms. The molecule has 0 unspecified atom stereocenters. The van der Waals surface area contributed by atoms with E-state index >= 15 is 0 Å². The number of carbonyl (C=O) groups excluding carboxylic acids is 1. The first-order valence-corrected chi connectivity index (χ1v) is 8.98. The first-order valence-electron chi connectivity index (χ1n) is 8.18. The molecule has 0 aliphatic heterocycles. The average molecular weight is 396 g/mol. The fourth-order valence-electron chi connectivity index (χ4n) is 2.83. The summed E-state index contributed by atoms with van der Waals surface area (Å²) >= 11 is 3.39. The van der Waals surface area contributed by atoms with Crippen LogP contribution in [0.15, 0.2) is 26.2 Å². The molecule has 1 amide bonds. The first-order chi connectivity index (χ1) is 11.5. The lowest BCUT2D eigenvalue weighted by Crippen LogP contribution is -2.32. The number of hydrogen-bond acceptors (Lipinski definition) is 3. The predicted molar refractivity (Wildman–Crippen MR) is 98.0 cm³/mol. The summed E-state index contributed by atoms with van der Waals surface area (Å²) in [5.74, 6) is 0.0378. The van der Waals surface area contributed by atoms with E-state index in [2.05, 4.69) is 45.1 Å². The lowest BCUT2D eigenvalue weighted by Gasteiger charge is -2.16. The standard InChI is InChI=1S/C17H22BrN3O3/c1-3-5-10(6-4-2)15(22)19-9-11-7-12(18)8-13-14(11)21-17(24)16(23)20-13/h7-8,10H,3-6,9H2,1-2H3,(H,19,22)(H,20,23)(H,21,24). The summed E-state index contributed by atoms with van der Waals surface area (Å²) in [4.78, 5) is 40.6. The van der Waals surface area contributed by atoms with Gasteiger partial charge in [-0.15, -0.1) is 0 Å². The lowest BCUT2D eigenvalue weighted by atomic mass is 9.97. The van der Waals surface area contributed by atoms with E-state index in [0.717, 1.165) is 35.7 Å². The Kier molecular flexibility index (Phi) is 6.36. The maximum atomic E-state index is 12.4. The van der Waals surface area contributed by atoms with Crippen molar-refractivity contribution >= 4 is 32.9 Å². The molecule has 3 N–H and O–H groups in total. The third-order valence-electron chi connectivity index (χ3n) is 3.98. The SMILES string of the molecule is CCCC(CCC)C(=O)NCc1cc(Br)cc2[nH]c(=O)c(=O)[nH]c12. The molecule has 0 radical (unpaired) electrons. The molecule has 6 nitrogen and oxygen atoms in total. The van der Waals surface area contributed by atoms with Crippen LogP contribution in [0, 0.1) is 5.92 Å². The molecule has 0 aliphatic rings. The molecule has 0 bridgehead atoms. The van der Waals surface area contributed by atoms with E-state index in [4.69, 9.17) is 0 Å². The molecule has 130 valence electrons. The molecule has 0 saturated carbocycles. The van der Waals surface area contributed by atoms with Crippen LogP contribution in [0.4, 0.5) is 0 Å². The summed E-state index contributed by atoms with van der Waals surface area (Å²) in [5.41, 5.74) is 0.407. The van der Waals surface area contributed by atoms with Crippen LogP contribution in [-0.4, -0.2) is 15.9 Å². The van der Waals surface area contributed by atoms with Gasteiger partial charge in [0.2, 0.25) is 5.91 Å². The van der Waals surface area contributed by atoms with E-state index < -0.39 is 11.1 Å². The van der Waals surface area contributed by atoms with E-state index in [1.165, 1.54) is 0 Å². The predicted octanol–water partition coefficient (Wildman–Crippen LogP) is 2.81. The van der Waals surface area contributed by atoms with E-state index in [1.807, 2.05) is 6.07 Å². The second kappa shape index (κ2) is 8.28.